The van der Waals surface area contributed by atoms with Crippen LogP contribution in [0, 0.1) is 6.92 Å². The summed E-state index contributed by atoms with van der Waals surface area (Å²) in [7, 11) is 0. The molecular formula is C24H25N5. The van der Waals surface area contributed by atoms with E-state index in [9.17, 15) is 0 Å². The molecule has 0 saturated heterocycles. The number of hydrogen-bond acceptors (Lipinski definition) is 5. The number of rotatable bonds is 5. The van der Waals surface area contributed by atoms with Gasteiger partial charge < -0.3 is 5.32 Å². The zero-order valence-corrected chi connectivity index (χ0v) is 16.8. The molecule has 29 heavy (non-hydrogen) atoms. The summed E-state index contributed by atoms with van der Waals surface area (Å²) in [5, 5.41) is 3.59. The first-order valence-electron chi connectivity index (χ1n) is 10.4. The smallest absolute Gasteiger partial charge is 0.139 e. The minimum Gasteiger partial charge on any atom is -0.367 e. The largest absolute Gasteiger partial charge is 0.367 e. The van der Waals surface area contributed by atoms with Gasteiger partial charge in [-0.15, -0.1) is 0 Å². The van der Waals surface area contributed by atoms with Gasteiger partial charge in [0.05, 0.1) is 17.3 Å². The van der Waals surface area contributed by atoms with Crippen LogP contribution < -0.4 is 5.32 Å². The summed E-state index contributed by atoms with van der Waals surface area (Å²) in [5.74, 6) is 1.93. The van der Waals surface area contributed by atoms with Gasteiger partial charge in [-0.2, -0.15) is 0 Å². The lowest BCUT2D eigenvalue weighted by molar-refractivity contribution is 0.773. The Morgan fingerprint density at radius 1 is 1.07 bits per heavy atom. The number of aliphatic imine (C=N–C) groups is 1. The molecule has 3 aliphatic rings. The van der Waals surface area contributed by atoms with Crippen molar-refractivity contribution in [2.24, 2.45) is 4.99 Å². The lowest BCUT2D eigenvalue weighted by atomic mass is 9.92. The van der Waals surface area contributed by atoms with E-state index >= 15 is 0 Å². The van der Waals surface area contributed by atoms with Gasteiger partial charge >= 0.3 is 0 Å². The van der Waals surface area contributed by atoms with Crippen LogP contribution in [0.5, 0.6) is 0 Å². The van der Waals surface area contributed by atoms with Gasteiger partial charge in [0.2, 0.25) is 0 Å². The Bertz CT molecular complexity index is 1040. The summed E-state index contributed by atoms with van der Waals surface area (Å²) in [6, 6.07) is 4.91. The second-order valence-corrected chi connectivity index (χ2v) is 8.08. The molecule has 2 aliphatic carbocycles. The predicted octanol–water partition coefficient (Wildman–Crippen LogP) is 4.63. The molecule has 146 valence electrons. The minimum absolute atomic E-state index is 0.157. The molecule has 5 heteroatoms. The minimum atomic E-state index is 0.157. The first-order valence-corrected chi connectivity index (χ1v) is 10.4. The predicted molar refractivity (Wildman–Crippen MR) is 117 cm³/mol. The third-order valence-corrected chi connectivity index (χ3v) is 5.52. The summed E-state index contributed by atoms with van der Waals surface area (Å²) in [6.45, 7) is 4.10. The summed E-state index contributed by atoms with van der Waals surface area (Å²) in [5.41, 5.74) is 5.30. The Hall–Kier alpha value is -3.08. The van der Waals surface area contributed by atoms with Crippen molar-refractivity contribution >= 4 is 17.1 Å². The van der Waals surface area contributed by atoms with E-state index in [4.69, 9.17) is 15.0 Å². The quantitative estimate of drug-likeness (QED) is 0.818. The summed E-state index contributed by atoms with van der Waals surface area (Å²) in [6.07, 6.45) is 18.0. The van der Waals surface area contributed by atoms with Crippen LogP contribution in [0.25, 0.3) is 5.57 Å². The molecule has 1 N–H and O–H groups in total. The molecule has 2 unspecified atom stereocenters. The van der Waals surface area contributed by atoms with Crippen LogP contribution in [0.15, 0.2) is 59.9 Å². The molecule has 1 saturated carbocycles. The zero-order valence-electron chi connectivity index (χ0n) is 16.8. The van der Waals surface area contributed by atoms with E-state index in [1.54, 1.807) is 0 Å². The van der Waals surface area contributed by atoms with Gasteiger partial charge in [0.15, 0.2) is 0 Å². The van der Waals surface area contributed by atoms with Gasteiger partial charge in [0.25, 0.3) is 0 Å². The fourth-order valence-corrected chi connectivity index (χ4v) is 3.68. The number of pyridine rings is 1. The number of allylic oxidation sites excluding steroid dienone is 5. The molecule has 2 aromatic rings. The topological polar surface area (TPSA) is 63.1 Å². The standard InChI is InChI=1S/C24H25N5/c1-15-6-8-19(13-25-15)17-4-3-5-18(12-17)23-26-14-21(22-11-7-16(2)27-22)24(29-23)28-20-9-10-20/h3-4,6-8,11-14,16,18,20H,5,9-10H2,1-2H3,(H,26,28,29). The molecule has 0 radical (unpaired) electrons. The molecule has 0 spiro atoms. The highest BCUT2D eigenvalue weighted by Gasteiger charge is 2.26. The van der Waals surface area contributed by atoms with Crippen molar-refractivity contribution in [2.45, 2.75) is 51.1 Å². The van der Waals surface area contributed by atoms with Gasteiger partial charge in [-0.25, -0.2) is 9.97 Å². The van der Waals surface area contributed by atoms with E-state index in [1.165, 1.54) is 18.4 Å². The van der Waals surface area contributed by atoms with Gasteiger partial charge in [-0.1, -0.05) is 30.4 Å². The van der Waals surface area contributed by atoms with Gasteiger partial charge in [0, 0.05) is 30.0 Å². The lowest BCUT2D eigenvalue weighted by Crippen LogP contribution is -2.14. The van der Waals surface area contributed by atoms with Crippen molar-refractivity contribution < 1.29 is 0 Å². The summed E-state index contributed by atoms with van der Waals surface area (Å²) < 4.78 is 0. The number of nitrogens with zero attached hydrogens (tertiary/aromatic N) is 4. The highest BCUT2D eigenvalue weighted by Crippen LogP contribution is 2.32. The molecule has 5 rings (SSSR count). The Kier molecular flexibility index (Phi) is 4.58. The number of aromatic nitrogens is 3. The van der Waals surface area contributed by atoms with Crippen LogP contribution in [0.2, 0.25) is 0 Å². The van der Waals surface area contributed by atoms with E-state index in [0.29, 0.717) is 6.04 Å². The van der Waals surface area contributed by atoms with Crippen LogP contribution in [0.1, 0.15) is 54.7 Å². The molecule has 3 heterocycles. The second kappa shape index (κ2) is 7.39. The molecule has 5 nitrogen and oxygen atoms in total. The second-order valence-electron chi connectivity index (χ2n) is 8.08. The maximum Gasteiger partial charge on any atom is 0.139 e. The molecule has 2 aromatic heterocycles. The van der Waals surface area contributed by atoms with E-state index in [0.717, 1.165) is 40.6 Å². The average molecular weight is 383 g/mol. The van der Waals surface area contributed by atoms with Gasteiger partial charge in [0.1, 0.15) is 11.6 Å². The van der Waals surface area contributed by atoms with E-state index < -0.39 is 0 Å². The third-order valence-electron chi connectivity index (χ3n) is 5.52. The van der Waals surface area contributed by atoms with Crippen molar-refractivity contribution in [3.05, 3.63) is 77.6 Å². The molecule has 0 aromatic carbocycles. The van der Waals surface area contributed by atoms with Gasteiger partial charge in [-0.05, 0) is 56.4 Å². The number of aryl methyl sites for hydroxylation is 1. The zero-order chi connectivity index (χ0) is 19.8. The molecular weight excluding hydrogens is 358 g/mol. The maximum atomic E-state index is 4.96. The monoisotopic (exact) mass is 383 g/mol. The first-order chi connectivity index (χ1) is 14.2. The molecule has 1 fully saturated rings. The van der Waals surface area contributed by atoms with E-state index in [-0.39, 0.29) is 12.0 Å². The van der Waals surface area contributed by atoms with Crippen molar-refractivity contribution in [2.75, 3.05) is 5.32 Å². The number of anilines is 1. The fraction of sp³-hybridized carbons (Fsp3) is 0.333. The van der Waals surface area contributed by atoms with Crippen LogP contribution in [0.4, 0.5) is 5.82 Å². The van der Waals surface area contributed by atoms with Crippen LogP contribution >= 0.6 is 0 Å². The van der Waals surface area contributed by atoms with E-state index in [1.807, 2.05) is 25.4 Å². The number of nitrogens with one attached hydrogen (secondary N) is 1. The van der Waals surface area contributed by atoms with Crippen molar-refractivity contribution in [1.29, 1.82) is 0 Å². The average Bonchev–Trinajstić information content (AvgIpc) is 3.46. The maximum absolute atomic E-state index is 4.96. The molecule has 2 atom stereocenters. The highest BCUT2D eigenvalue weighted by molar-refractivity contribution is 6.12. The van der Waals surface area contributed by atoms with E-state index in [2.05, 4.69) is 53.7 Å². The molecule has 0 amide bonds. The normalized spacial score (nSPS) is 23.1. The number of hydrogen-bond donors (Lipinski definition) is 1. The molecule has 0 bridgehead atoms. The third kappa shape index (κ3) is 3.90. The SMILES string of the molecule is Cc1ccc(C2=CC(c3ncc(C4=NC(C)C=C4)c(NC4CC4)n3)CC=C2)cn1. The Balaban J connectivity index is 1.47. The van der Waals surface area contributed by atoms with Crippen molar-refractivity contribution in [1.82, 2.24) is 15.0 Å². The van der Waals surface area contributed by atoms with Gasteiger partial charge in [-0.3, -0.25) is 9.98 Å². The Morgan fingerprint density at radius 3 is 2.69 bits per heavy atom. The van der Waals surface area contributed by atoms with Crippen molar-refractivity contribution in [3.8, 4) is 0 Å². The highest BCUT2D eigenvalue weighted by atomic mass is 15.1. The van der Waals surface area contributed by atoms with Crippen LogP contribution in [0.3, 0.4) is 0 Å². The van der Waals surface area contributed by atoms with Crippen molar-refractivity contribution in [3.63, 3.8) is 0 Å². The Labute approximate surface area is 171 Å². The summed E-state index contributed by atoms with van der Waals surface area (Å²) in [4.78, 5) is 18.8. The Morgan fingerprint density at radius 2 is 1.97 bits per heavy atom. The summed E-state index contributed by atoms with van der Waals surface area (Å²) >= 11 is 0. The first kappa shape index (κ1) is 18.0. The van der Waals surface area contributed by atoms with Crippen LogP contribution in [-0.2, 0) is 0 Å². The fourth-order valence-electron chi connectivity index (χ4n) is 3.68. The lowest BCUT2D eigenvalue weighted by Gasteiger charge is -2.18. The molecule has 1 aliphatic heterocycles. The van der Waals surface area contributed by atoms with Crippen LogP contribution in [-0.4, -0.2) is 32.7 Å².